The summed E-state index contributed by atoms with van der Waals surface area (Å²) in [7, 11) is 3.56. The van der Waals surface area contributed by atoms with Gasteiger partial charge in [-0.3, -0.25) is 9.59 Å². The van der Waals surface area contributed by atoms with Crippen LogP contribution in [0.2, 0.25) is 0 Å². The number of likely N-dealkylation sites (N-methyl/N-ethyl adjacent to an activating group) is 1. The maximum absolute atomic E-state index is 12.7. The molecule has 1 atom stereocenters. The molecule has 1 saturated carbocycles. The van der Waals surface area contributed by atoms with Crippen molar-refractivity contribution in [1.82, 2.24) is 10.2 Å². The highest BCUT2D eigenvalue weighted by Crippen LogP contribution is 2.35. The van der Waals surface area contributed by atoms with Gasteiger partial charge in [0.15, 0.2) is 0 Å². The summed E-state index contributed by atoms with van der Waals surface area (Å²) in [5.41, 5.74) is 1.41. The van der Waals surface area contributed by atoms with E-state index in [9.17, 15) is 9.59 Å². The molecule has 1 fully saturated rings. The minimum atomic E-state index is -0.146. The number of benzene rings is 1. The Hall–Kier alpha value is -2.28. The monoisotopic (exact) mass is 375 g/mol. The molecular formula is C20H29N3O4. The Labute approximate surface area is 160 Å². The van der Waals surface area contributed by atoms with E-state index in [-0.39, 0.29) is 17.9 Å². The largest absolute Gasteiger partial charge is 0.489 e. The van der Waals surface area contributed by atoms with Gasteiger partial charge in [-0.2, -0.15) is 0 Å². The Morgan fingerprint density at radius 1 is 1.37 bits per heavy atom. The number of nitrogens with zero attached hydrogens (tertiary/aromatic N) is 2. The van der Waals surface area contributed by atoms with Gasteiger partial charge >= 0.3 is 0 Å². The standard InChI is InChI=1S/C20H29N3O4/c1-4-23(15-6-7-15)19(24)12-16-13-27-18-8-5-14(11-17(18)22(16)2)20(25)21-9-10-26-3/h5,8,11,15-16H,4,6-7,9-10,12-13H2,1-3H3,(H,21,25)/t16-/m0/s1. The van der Waals surface area contributed by atoms with Crippen molar-refractivity contribution in [2.45, 2.75) is 38.3 Å². The summed E-state index contributed by atoms with van der Waals surface area (Å²) < 4.78 is 10.8. The number of hydrogen-bond donors (Lipinski definition) is 1. The minimum absolute atomic E-state index is 0.0374. The van der Waals surface area contributed by atoms with Crippen molar-refractivity contribution in [1.29, 1.82) is 0 Å². The first-order valence-electron chi connectivity index (χ1n) is 9.61. The zero-order valence-electron chi connectivity index (χ0n) is 16.4. The molecule has 1 N–H and O–H groups in total. The summed E-state index contributed by atoms with van der Waals surface area (Å²) in [5, 5.41) is 2.82. The first-order chi connectivity index (χ1) is 13.0. The van der Waals surface area contributed by atoms with Crippen molar-refractivity contribution in [3.63, 3.8) is 0 Å². The molecule has 0 spiro atoms. The van der Waals surface area contributed by atoms with Crippen LogP contribution in [0, 0.1) is 0 Å². The number of fused-ring (bicyclic) bond motifs is 1. The Morgan fingerprint density at radius 2 is 2.15 bits per heavy atom. The number of carbonyl (C=O) groups excluding carboxylic acids is 2. The molecule has 0 saturated heterocycles. The van der Waals surface area contributed by atoms with Crippen molar-refractivity contribution in [2.24, 2.45) is 0 Å². The molecule has 0 radical (unpaired) electrons. The van der Waals surface area contributed by atoms with E-state index in [4.69, 9.17) is 9.47 Å². The van der Waals surface area contributed by atoms with Gasteiger partial charge in [0.25, 0.3) is 5.91 Å². The summed E-state index contributed by atoms with van der Waals surface area (Å²) in [6.45, 7) is 4.18. The highest BCUT2D eigenvalue weighted by Gasteiger charge is 2.34. The third kappa shape index (κ3) is 4.53. The molecule has 2 amide bonds. The van der Waals surface area contributed by atoms with Gasteiger partial charge in [0.1, 0.15) is 12.4 Å². The molecule has 2 aliphatic rings. The topological polar surface area (TPSA) is 71.1 Å². The zero-order chi connectivity index (χ0) is 19.4. The highest BCUT2D eigenvalue weighted by atomic mass is 16.5. The number of carbonyl (C=O) groups is 2. The van der Waals surface area contributed by atoms with Crippen LogP contribution in [-0.4, -0.2) is 69.3 Å². The van der Waals surface area contributed by atoms with Crippen molar-refractivity contribution in [3.05, 3.63) is 23.8 Å². The van der Waals surface area contributed by atoms with E-state index >= 15 is 0 Å². The van der Waals surface area contributed by atoms with Gasteiger partial charge in [0.2, 0.25) is 5.91 Å². The van der Waals surface area contributed by atoms with Crippen molar-refractivity contribution in [3.8, 4) is 5.75 Å². The van der Waals surface area contributed by atoms with E-state index in [1.54, 1.807) is 13.2 Å². The number of methoxy groups -OCH3 is 1. The molecule has 7 nitrogen and oxygen atoms in total. The molecule has 27 heavy (non-hydrogen) atoms. The van der Waals surface area contributed by atoms with E-state index in [0.717, 1.165) is 30.8 Å². The maximum atomic E-state index is 12.7. The molecule has 3 rings (SSSR count). The van der Waals surface area contributed by atoms with Gasteiger partial charge in [0, 0.05) is 38.9 Å². The molecule has 1 aromatic rings. The van der Waals surface area contributed by atoms with Gasteiger partial charge in [0.05, 0.1) is 24.8 Å². The predicted molar refractivity (Wildman–Crippen MR) is 103 cm³/mol. The molecule has 1 aliphatic heterocycles. The Bertz CT molecular complexity index is 690. The quantitative estimate of drug-likeness (QED) is 0.700. The van der Waals surface area contributed by atoms with Gasteiger partial charge in [-0.1, -0.05) is 0 Å². The lowest BCUT2D eigenvalue weighted by Crippen LogP contribution is -2.45. The van der Waals surface area contributed by atoms with Crippen LogP contribution < -0.4 is 15.0 Å². The molecular weight excluding hydrogens is 346 g/mol. The number of nitrogens with one attached hydrogen (secondary N) is 1. The fourth-order valence-corrected chi connectivity index (χ4v) is 3.46. The lowest BCUT2D eigenvalue weighted by Gasteiger charge is -2.36. The van der Waals surface area contributed by atoms with Crippen LogP contribution in [0.1, 0.15) is 36.5 Å². The third-order valence-electron chi connectivity index (χ3n) is 5.23. The predicted octanol–water partition coefficient (Wildman–Crippen LogP) is 1.66. The molecule has 0 unspecified atom stereocenters. The van der Waals surface area contributed by atoms with Gasteiger partial charge in [-0.05, 0) is 38.0 Å². The molecule has 7 heteroatoms. The van der Waals surface area contributed by atoms with Crippen LogP contribution in [-0.2, 0) is 9.53 Å². The van der Waals surface area contributed by atoms with E-state index < -0.39 is 0 Å². The van der Waals surface area contributed by atoms with Crippen LogP contribution in [0.4, 0.5) is 5.69 Å². The second-order valence-corrected chi connectivity index (χ2v) is 7.12. The summed E-state index contributed by atoms with van der Waals surface area (Å²) >= 11 is 0. The van der Waals surface area contributed by atoms with Gasteiger partial charge in [-0.25, -0.2) is 0 Å². The fraction of sp³-hybridized carbons (Fsp3) is 0.600. The molecule has 148 valence electrons. The first kappa shape index (κ1) is 19.5. The number of ether oxygens (including phenoxy) is 2. The molecule has 1 heterocycles. The van der Waals surface area contributed by atoms with E-state index in [0.29, 0.717) is 37.8 Å². The van der Waals surface area contributed by atoms with Crippen molar-refractivity contribution >= 4 is 17.5 Å². The van der Waals surface area contributed by atoms with E-state index in [1.807, 2.05) is 31.0 Å². The molecule has 0 bridgehead atoms. The second-order valence-electron chi connectivity index (χ2n) is 7.12. The van der Waals surface area contributed by atoms with Crippen molar-refractivity contribution < 1.29 is 19.1 Å². The van der Waals surface area contributed by atoms with Crippen LogP contribution in [0.5, 0.6) is 5.75 Å². The molecule has 1 aromatic carbocycles. The van der Waals surface area contributed by atoms with E-state index in [1.165, 1.54) is 0 Å². The summed E-state index contributed by atoms with van der Waals surface area (Å²) in [6, 6.07) is 5.78. The van der Waals surface area contributed by atoms with Crippen molar-refractivity contribution in [2.75, 3.05) is 45.4 Å². The lowest BCUT2D eigenvalue weighted by molar-refractivity contribution is -0.132. The Balaban J connectivity index is 1.67. The first-order valence-corrected chi connectivity index (χ1v) is 9.61. The number of hydrogen-bond acceptors (Lipinski definition) is 5. The summed E-state index contributed by atoms with van der Waals surface area (Å²) in [6.07, 6.45) is 2.65. The normalized spacial score (nSPS) is 18.5. The summed E-state index contributed by atoms with van der Waals surface area (Å²) in [5.74, 6) is 0.772. The summed E-state index contributed by atoms with van der Waals surface area (Å²) in [4.78, 5) is 29.0. The van der Waals surface area contributed by atoms with Gasteiger partial charge in [-0.15, -0.1) is 0 Å². The maximum Gasteiger partial charge on any atom is 0.251 e. The smallest absolute Gasteiger partial charge is 0.251 e. The van der Waals surface area contributed by atoms with Crippen LogP contribution in [0.15, 0.2) is 18.2 Å². The SMILES string of the molecule is CCN(C(=O)C[C@H]1COc2ccc(C(=O)NCCOC)cc2N1C)C1CC1. The zero-order valence-corrected chi connectivity index (χ0v) is 16.4. The average molecular weight is 375 g/mol. The minimum Gasteiger partial charge on any atom is -0.489 e. The lowest BCUT2D eigenvalue weighted by atomic mass is 10.1. The number of anilines is 1. The van der Waals surface area contributed by atoms with Crippen LogP contribution >= 0.6 is 0 Å². The van der Waals surface area contributed by atoms with E-state index in [2.05, 4.69) is 10.2 Å². The number of rotatable bonds is 8. The Morgan fingerprint density at radius 3 is 2.81 bits per heavy atom. The van der Waals surface area contributed by atoms with Crippen LogP contribution in [0.25, 0.3) is 0 Å². The molecule has 0 aromatic heterocycles. The third-order valence-corrected chi connectivity index (χ3v) is 5.23. The second kappa shape index (κ2) is 8.61. The number of amides is 2. The Kier molecular flexibility index (Phi) is 6.21. The average Bonchev–Trinajstić information content (AvgIpc) is 3.49. The fourth-order valence-electron chi connectivity index (χ4n) is 3.46. The van der Waals surface area contributed by atoms with Gasteiger partial charge < -0.3 is 24.6 Å². The molecule has 1 aliphatic carbocycles. The highest BCUT2D eigenvalue weighted by molar-refractivity contribution is 5.95. The van der Waals surface area contributed by atoms with Crippen LogP contribution in [0.3, 0.4) is 0 Å².